The van der Waals surface area contributed by atoms with Crippen molar-refractivity contribution < 1.29 is 68.1 Å². The molecule has 18 heteroatoms. The van der Waals surface area contributed by atoms with Crippen molar-refractivity contribution in [1.82, 2.24) is 19.6 Å². The van der Waals surface area contributed by atoms with Crippen molar-refractivity contribution in [2.75, 3.05) is 32.7 Å². The van der Waals surface area contributed by atoms with Crippen molar-refractivity contribution in [1.29, 1.82) is 0 Å². The van der Waals surface area contributed by atoms with Gasteiger partial charge in [0.2, 0.25) is 0 Å². The lowest BCUT2D eigenvalue weighted by atomic mass is 9.84. The van der Waals surface area contributed by atoms with E-state index in [4.69, 9.17) is 23.7 Å². The number of nitrogens with zero attached hydrogens (tertiary/aromatic N) is 4. The molecule has 2 saturated heterocycles. The predicted molar refractivity (Wildman–Crippen MR) is 286 cm³/mol. The highest BCUT2D eigenvalue weighted by molar-refractivity contribution is 6.01. The Bertz CT molecular complexity index is 2730. The second kappa shape index (κ2) is 23.8. The number of likely N-dealkylation sites (tertiary alicyclic amines) is 2. The number of hydrogen-bond acceptors (Lipinski definition) is 14. The average molecular weight is 1070 g/mol. The lowest BCUT2D eigenvalue weighted by Gasteiger charge is -2.41. The van der Waals surface area contributed by atoms with Crippen LogP contribution in [0.2, 0.25) is 0 Å². The number of β-amino-alcohol motifs (C(OH)–C–C–N with tert-alkyl or cyclic N) is 2. The first-order chi connectivity index (χ1) is 36.6. The van der Waals surface area contributed by atoms with E-state index in [1.54, 1.807) is 4.90 Å². The van der Waals surface area contributed by atoms with Gasteiger partial charge in [0.25, 0.3) is 18.3 Å². The van der Waals surface area contributed by atoms with Crippen molar-refractivity contribution >= 4 is 30.5 Å². The topological polar surface area (TPSA) is 225 Å². The van der Waals surface area contributed by atoms with Crippen molar-refractivity contribution in [3.05, 3.63) is 92.1 Å². The Labute approximate surface area is 451 Å². The number of fused-ring (bicyclic) bond motifs is 6. The van der Waals surface area contributed by atoms with Gasteiger partial charge in [0.1, 0.15) is 34.2 Å². The van der Waals surface area contributed by atoms with E-state index in [1.807, 2.05) is 13.8 Å². The molecule has 0 bridgehead atoms. The first kappa shape index (κ1) is 57.0. The molecule has 0 aromatic heterocycles. The fourth-order valence-corrected chi connectivity index (χ4v) is 11.0. The second-order valence-corrected chi connectivity index (χ2v) is 22.8. The second-order valence-electron chi connectivity index (χ2n) is 22.8. The van der Waals surface area contributed by atoms with E-state index in [2.05, 4.69) is 65.8 Å². The Balaban J connectivity index is 0.997. The van der Waals surface area contributed by atoms with Gasteiger partial charge in [-0.2, -0.15) is 0 Å². The normalized spacial score (nSPS) is 23.4. The molecule has 8 rings (SSSR count). The largest absolute Gasteiger partial charge is 0.484 e. The number of carbonyl (C=O) groups excluding carboxylic acids is 5. The van der Waals surface area contributed by atoms with E-state index < -0.39 is 59.9 Å². The summed E-state index contributed by atoms with van der Waals surface area (Å²) >= 11 is 0. The fourth-order valence-electron chi connectivity index (χ4n) is 11.0. The van der Waals surface area contributed by atoms with E-state index in [1.165, 1.54) is 49.1 Å². The SMILES string of the molecule is CC(C)=CCC/C(C)=C/CC[C@@]1(C)Oc2c(c(OC(=O)N3CC(O)C3)cc3c2CN(CCC[C@@H](OC=O)N2Cc4c(cc(OC(=O)N5CC(O)C5)c5c4O[C@](C)(CC/C=C(\C)CCC=C(C)C)[C@@H](O)C5)C2=O)C3=O)C[C@@H]1O. The van der Waals surface area contributed by atoms with Crippen LogP contribution in [0.15, 0.2) is 58.7 Å². The van der Waals surface area contributed by atoms with Crippen LogP contribution in [0, 0.1) is 0 Å². The highest BCUT2D eigenvalue weighted by Crippen LogP contribution is 2.49. The third-order valence-electron chi connectivity index (χ3n) is 16.0. The minimum Gasteiger partial charge on any atom is -0.484 e. The summed E-state index contributed by atoms with van der Waals surface area (Å²) in [5.41, 5.74) is 5.28. The number of aliphatic hydroxyl groups excluding tert-OH is 4. The molecular weight excluding hydrogens is 989 g/mol. The molecule has 6 aliphatic heterocycles. The zero-order chi connectivity index (χ0) is 55.5. The van der Waals surface area contributed by atoms with Crippen molar-refractivity contribution in [3.63, 3.8) is 0 Å². The van der Waals surface area contributed by atoms with Gasteiger partial charge in [0.05, 0.1) is 74.8 Å². The summed E-state index contributed by atoms with van der Waals surface area (Å²) in [4.78, 5) is 73.3. The monoisotopic (exact) mass is 1070 g/mol. The molecule has 2 aromatic rings. The summed E-state index contributed by atoms with van der Waals surface area (Å²) in [5, 5.41) is 43.1. The molecule has 6 heterocycles. The lowest BCUT2D eigenvalue weighted by Crippen LogP contribution is -2.54. The van der Waals surface area contributed by atoms with Gasteiger partial charge in [0.15, 0.2) is 6.23 Å². The predicted octanol–water partition coefficient (Wildman–Crippen LogP) is 7.98. The van der Waals surface area contributed by atoms with Crippen LogP contribution in [0.5, 0.6) is 23.0 Å². The van der Waals surface area contributed by atoms with Gasteiger partial charge in [-0.25, -0.2) is 9.59 Å². The number of ether oxygens (including phenoxy) is 5. The van der Waals surface area contributed by atoms with E-state index >= 15 is 0 Å². The molecule has 5 atom stereocenters. The van der Waals surface area contributed by atoms with Crippen LogP contribution < -0.4 is 18.9 Å². The molecule has 418 valence electrons. The van der Waals surface area contributed by atoms with Crippen LogP contribution in [-0.2, 0) is 35.5 Å². The highest BCUT2D eigenvalue weighted by Gasteiger charge is 2.48. The Morgan fingerprint density at radius 1 is 0.662 bits per heavy atom. The summed E-state index contributed by atoms with van der Waals surface area (Å²) in [7, 11) is 0. The van der Waals surface area contributed by atoms with Gasteiger partial charge < -0.3 is 58.8 Å². The number of amides is 4. The van der Waals surface area contributed by atoms with Crippen molar-refractivity contribution in [2.45, 2.75) is 187 Å². The van der Waals surface area contributed by atoms with Crippen LogP contribution in [0.3, 0.4) is 0 Å². The average Bonchev–Trinajstić information content (AvgIpc) is 3.95. The quantitative estimate of drug-likeness (QED) is 0.0687. The lowest BCUT2D eigenvalue weighted by molar-refractivity contribution is -0.141. The number of aliphatic hydroxyl groups is 4. The Morgan fingerprint density at radius 3 is 1.56 bits per heavy atom. The maximum Gasteiger partial charge on any atom is 0.415 e. The Hall–Kier alpha value is -6.21. The molecule has 0 spiro atoms. The fraction of sp³-hybridized carbons (Fsp3) is 0.576. The molecule has 4 N–H and O–H groups in total. The molecule has 2 aromatic carbocycles. The number of rotatable bonds is 21. The van der Waals surface area contributed by atoms with Gasteiger partial charge in [0, 0.05) is 48.1 Å². The van der Waals surface area contributed by atoms with Crippen molar-refractivity contribution in [3.8, 4) is 23.0 Å². The molecule has 4 amide bonds. The van der Waals surface area contributed by atoms with Gasteiger partial charge in [-0.1, -0.05) is 46.6 Å². The molecule has 77 heavy (non-hydrogen) atoms. The maximum atomic E-state index is 14.5. The van der Waals surface area contributed by atoms with E-state index in [0.29, 0.717) is 59.4 Å². The van der Waals surface area contributed by atoms with Gasteiger partial charge in [-0.3, -0.25) is 19.3 Å². The van der Waals surface area contributed by atoms with Gasteiger partial charge in [-0.05, 0) is 125 Å². The first-order valence-electron chi connectivity index (χ1n) is 27.3. The zero-order valence-electron chi connectivity index (χ0n) is 46.0. The summed E-state index contributed by atoms with van der Waals surface area (Å²) in [5.74, 6) is -0.00305. The van der Waals surface area contributed by atoms with E-state index in [9.17, 15) is 44.4 Å². The maximum absolute atomic E-state index is 14.5. The van der Waals surface area contributed by atoms with Gasteiger partial charge in [-0.15, -0.1) is 0 Å². The zero-order valence-corrected chi connectivity index (χ0v) is 46.0. The van der Waals surface area contributed by atoms with E-state index in [0.717, 1.165) is 25.7 Å². The van der Waals surface area contributed by atoms with Crippen LogP contribution >= 0.6 is 0 Å². The molecule has 2 fully saturated rings. The molecule has 0 saturated carbocycles. The minimum atomic E-state index is -1.08. The molecular formula is C59H78N4O14. The summed E-state index contributed by atoms with van der Waals surface area (Å²) in [6.07, 6.45) is 9.38. The van der Waals surface area contributed by atoms with Gasteiger partial charge >= 0.3 is 12.2 Å². The standard InChI is InChI=1S/C59H78N4O14/c1-35(2)14-9-16-37(5)18-11-21-58(7)49(67)26-43-47(74-56(71)61-28-39(65)29-61)24-41-45(52(43)76-58)32-60(54(41)69)23-13-20-51(73-34-64)63-33-46-42(55(63)70)25-48(75-57(72)62-30-40(66)31-62)44-27-50(68)59(8,77-53(44)46)22-12-19-38(6)17-10-15-36(3)4/h14-15,18-19,24-25,34,39-40,49-51,65-68H,9-13,16-17,20-23,26-33H2,1-8H3/b37-18+,38-19+/t49-,50-,51+,58+,59+/m0/s1. The van der Waals surface area contributed by atoms with Crippen molar-refractivity contribution in [2.24, 2.45) is 0 Å². The minimum absolute atomic E-state index is 0.0254. The number of allylic oxidation sites excluding steroid dienone is 8. The summed E-state index contributed by atoms with van der Waals surface area (Å²) in [6.45, 7) is 17.1. The molecule has 0 unspecified atom stereocenters. The molecule has 6 aliphatic rings. The van der Waals surface area contributed by atoms with Crippen LogP contribution in [-0.4, -0.2) is 145 Å². The number of carbonyl (C=O) groups is 5. The van der Waals surface area contributed by atoms with Crippen LogP contribution in [0.4, 0.5) is 9.59 Å². The first-order valence-corrected chi connectivity index (χ1v) is 27.3. The number of hydrogen-bond donors (Lipinski definition) is 4. The highest BCUT2D eigenvalue weighted by atomic mass is 16.6. The molecule has 0 radical (unpaired) electrons. The van der Waals surface area contributed by atoms with E-state index in [-0.39, 0.29) is 107 Å². The molecule has 0 aliphatic carbocycles. The third kappa shape index (κ3) is 12.7. The smallest absolute Gasteiger partial charge is 0.415 e. The summed E-state index contributed by atoms with van der Waals surface area (Å²) < 4.78 is 30.9. The Morgan fingerprint density at radius 2 is 1.12 bits per heavy atom. The third-order valence-corrected chi connectivity index (χ3v) is 16.0. The van der Waals surface area contributed by atoms with Crippen LogP contribution in [0.25, 0.3) is 0 Å². The molecule has 18 nitrogen and oxygen atoms in total. The summed E-state index contributed by atoms with van der Waals surface area (Å²) in [6, 6.07) is 2.99. The number of benzene rings is 2. The van der Waals surface area contributed by atoms with Crippen LogP contribution in [0.1, 0.15) is 163 Å². The Kier molecular flexibility index (Phi) is 17.6.